The van der Waals surface area contributed by atoms with Crippen LogP contribution in [0.3, 0.4) is 0 Å². The first-order valence-corrected chi connectivity index (χ1v) is 6.56. The summed E-state index contributed by atoms with van der Waals surface area (Å²) in [7, 11) is 0. The number of anilines is 1. The fraction of sp³-hybridized carbons (Fsp3) is 0.500. The number of nitrogens with one attached hydrogen (secondary N) is 1. The molecule has 4 nitrogen and oxygen atoms in total. The molecule has 1 aliphatic heterocycles. The van der Waals surface area contributed by atoms with E-state index in [1.165, 1.54) is 18.2 Å². The highest BCUT2D eigenvalue weighted by Gasteiger charge is 2.27. The van der Waals surface area contributed by atoms with Gasteiger partial charge in [-0.25, -0.2) is 4.39 Å². The van der Waals surface area contributed by atoms with Crippen molar-refractivity contribution in [2.75, 3.05) is 18.9 Å². The Morgan fingerprint density at radius 1 is 1.58 bits per heavy atom. The molecule has 1 fully saturated rings. The van der Waals surface area contributed by atoms with Gasteiger partial charge >= 0.3 is 0 Å². The van der Waals surface area contributed by atoms with Crippen molar-refractivity contribution in [3.63, 3.8) is 0 Å². The van der Waals surface area contributed by atoms with Crippen molar-refractivity contribution in [2.24, 2.45) is 5.92 Å². The number of ether oxygens (including phenoxy) is 1. The van der Waals surface area contributed by atoms with E-state index in [9.17, 15) is 9.18 Å². The van der Waals surface area contributed by atoms with Crippen LogP contribution in [0.2, 0.25) is 0 Å². The lowest BCUT2D eigenvalue weighted by Crippen LogP contribution is -2.33. The third kappa shape index (κ3) is 3.23. The van der Waals surface area contributed by atoms with Crippen molar-refractivity contribution in [3.05, 3.63) is 29.6 Å². The second-order valence-corrected chi connectivity index (χ2v) is 4.82. The third-order valence-electron chi connectivity index (χ3n) is 3.51. The molecule has 0 radical (unpaired) electrons. The van der Waals surface area contributed by atoms with Crippen LogP contribution < -0.4 is 11.1 Å². The minimum atomic E-state index is -0.554. The second-order valence-electron chi connectivity index (χ2n) is 4.82. The van der Waals surface area contributed by atoms with E-state index in [0.717, 1.165) is 19.4 Å². The van der Waals surface area contributed by atoms with Crippen molar-refractivity contribution in [1.29, 1.82) is 0 Å². The van der Waals surface area contributed by atoms with E-state index in [-0.39, 0.29) is 11.7 Å². The maximum Gasteiger partial charge on any atom is 0.254 e. The molecule has 2 atom stereocenters. The van der Waals surface area contributed by atoms with E-state index in [1.807, 2.05) is 0 Å². The van der Waals surface area contributed by atoms with Crippen molar-refractivity contribution in [1.82, 2.24) is 5.32 Å². The Kier molecular flexibility index (Phi) is 4.37. The molecule has 1 amide bonds. The molecule has 3 N–H and O–H groups in total. The van der Waals surface area contributed by atoms with Crippen LogP contribution >= 0.6 is 0 Å². The van der Waals surface area contributed by atoms with Crippen LogP contribution in [0.5, 0.6) is 0 Å². The molecule has 1 aliphatic rings. The lowest BCUT2D eigenvalue weighted by Gasteiger charge is -2.17. The molecule has 2 rings (SSSR count). The van der Waals surface area contributed by atoms with Gasteiger partial charge in [-0.2, -0.15) is 0 Å². The average Bonchev–Trinajstić information content (AvgIpc) is 2.86. The zero-order valence-corrected chi connectivity index (χ0v) is 11.0. The lowest BCUT2D eigenvalue weighted by molar-refractivity contribution is 0.0825. The van der Waals surface area contributed by atoms with E-state index in [0.29, 0.717) is 18.2 Å². The van der Waals surface area contributed by atoms with Gasteiger partial charge in [0.2, 0.25) is 0 Å². The molecular weight excluding hydrogens is 247 g/mol. The summed E-state index contributed by atoms with van der Waals surface area (Å²) < 4.78 is 19.1. The van der Waals surface area contributed by atoms with Crippen LogP contribution in [0.4, 0.5) is 10.1 Å². The molecule has 104 valence electrons. The van der Waals surface area contributed by atoms with Crippen LogP contribution in [-0.4, -0.2) is 25.2 Å². The van der Waals surface area contributed by atoms with Gasteiger partial charge in [-0.1, -0.05) is 6.92 Å². The van der Waals surface area contributed by atoms with E-state index in [4.69, 9.17) is 10.5 Å². The van der Waals surface area contributed by atoms with Crippen molar-refractivity contribution < 1.29 is 13.9 Å². The number of benzene rings is 1. The Hall–Kier alpha value is -1.62. The zero-order chi connectivity index (χ0) is 13.8. The molecule has 1 aromatic carbocycles. The number of nitrogens with two attached hydrogens (primary N) is 1. The van der Waals surface area contributed by atoms with Gasteiger partial charge in [-0.05, 0) is 31.0 Å². The quantitative estimate of drug-likeness (QED) is 0.819. The number of carbonyl (C=O) groups is 1. The van der Waals surface area contributed by atoms with Gasteiger partial charge in [0.25, 0.3) is 5.91 Å². The largest absolute Gasteiger partial charge is 0.399 e. The number of rotatable bonds is 4. The van der Waals surface area contributed by atoms with Crippen LogP contribution in [0.15, 0.2) is 18.2 Å². The Labute approximate surface area is 112 Å². The fourth-order valence-electron chi connectivity index (χ4n) is 2.41. The van der Waals surface area contributed by atoms with Crippen molar-refractivity contribution >= 4 is 11.6 Å². The topological polar surface area (TPSA) is 64.3 Å². The first-order chi connectivity index (χ1) is 9.11. The molecule has 19 heavy (non-hydrogen) atoms. The van der Waals surface area contributed by atoms with Crippen molar-refractivity contribution in [3.8, 4) is 0 Å². The minimum Gasteiger partial charge on any atom is -0.399 e. The summed E-state index contributed by atoms with van der Waals surface area (Å²) in [5, 5.41) is 2.76. The van der Waals surface area contributed by atoms with E-state index < -0.39 is 11.7 Å². The van der Waals surface area contributed by atoms with Crippen LogP contribution in [0, 0.1) is 11.7 Å². The number of amides is 1. The molecule has 0 aromatic heterocycles. The average molecular weight is 266 g/mol. The highest BCUT2D eigenvalue weighted by atomic mass is 19.1. The highest BCUT2D eigenvalue weighted by Crippen LogP contribution is 2.22. The van der Waals surface area contributed by atoms with Crippen molar-refractivity contribution in [2.45, 2.75) is 25.9 Å². The summed E-state index contributed by atoms with van der Waals surface area (Å²) in [6.45, 7) is 3.29. The summed E-state index contributed by atoms with van der Waals surface area (Å²) in [5.41, 5.74) is 5.93. The van der Waals surface area contributed by atoms with Gasteiger partial charge in [-0.3, -0.25) is 4.79 Å². The molecular formula is C14H19FN2O2. The van der Waals surface area contributed by atoms with Gasteiger partial charge in [-0.15, -0.1) is 0 Å². The minimum absolute atomic E-state index is 0.00744. The number of hydrogen-bond donors (Lipinski definition) is 2. The number of halogens is 1. The molecule has 1 heterocycles. The Bertz CT molecular complexity index is 465. The predicted molar refractivity (Wildman–Crippen MR) is 71.3 cm³/mol. The van der Waals surface area contributed by atoms with Gasteiger partial charge in [0.15, 0.2) is 0 Å². The maximum atomic E-state index is 13.5. The molecule has 5 heteroatoms. The van der Waals surface area contributed by atoms with Gasteiger partial charge < -0.3 is 15.8 Å². The maximum absolute atomic E-state index is 13.5. The van der Waals surface area contributed by atoms with Gasteiger partial charge in [0.1, 0.15) is 5.82 Å². The van der Waals surface area contributed by atoms with E-state index in [1.54, 1.807) is 0 Å². The van der Waals surface area contributed by atoms with E-state index in [2.05, 4.69) is 12.2 Å². The smallest absolute Gasteiger partial charge is 0.254 e. The molecule has 1 saturated heterocycles. The van der Waals surface area contributed by atoms with E-state index >= 15 is 0 Å². The first kappa shape index (κ1) is 13.8. The normalized spacial score (nSPS) is 22.4. The molecule has 0 bridgehead atoms. The second kappa shape index (κ2) is 6.02. The van der Waals surface area contributed by atoms with Gasteiger partial charge in [0.05, 0.1) is 11.7 Å². The Morgan fingerprint density at radius 3 is 3.11 bits per heavy atom. The van der Waals surface area contributed by atoms with Crippen LogP contribution in [0.1, 0.15) is 30.1 Å². The Balaban J connectivity index is 1.96. The van der Waals surface area contributed by atoms with Crippen LogP contribution in [-0.2, 0) is 4.74 Å². The number of hydrogen-bond acceptors (Lipinski definition) is 3. The molecule has 1 aromatic rings. The number of nitrogen functional groups attached to an aromatic ring is 1. The molecule has 2 unspecified atom stereocenters. The Morgan fingerprint density at radius 2 is 2.37 bits per heavy atom. The summed E-state index contributed by atoms with van der Waals surface area (Å²) >= 11 is 0. The van der Waals surface area contributed by atoms with Crippen LogP contribution in [0.25, 0.3) is 0 Å². The summed E-state index contributed by atoms with van der Waals surface area (Å²) in [6, 6.07) is 3.99. The fourth-order valence-corrected chi connectivity index (χ4v) is 2.41. The van der Waals surface area contributed by atoms with Gasteiger partial charge in [0, 0.05) is 24.8 Å². The monoisotopic (exact) mass is 266 g/mol. The highest BCUT2D eigenvalue weighted by molar-refractivity contribution is 5.95. The third-order valence-corrected chi connectivity index (χ3v) is 3.51. The predicted octanol–water partition coefficient (Wildman–Crippen LogP) is 1.95. The number of carbonyl (C=O) groups excluding carboxylic acids is 1. The molecule has 0 saturated carbocycles. The zero-order valence-electron chi connectivity index (χ0n) is 11.0. The SMILES string of the molecule is CCC1OCCC1CNC(=O)c1cc(N)ccc1F. The molecule has 0 spiro atoms. The lowest BCUT2D eigenvalue weighted by atomic mass is 9.99. The summed E-state index contributed by atoms with van der Waals surface area (Å²) in [6.07, 6.45) is 2.04. The first-order valence-electron chi connectivity index (χ1n) is 6.56. The summed E-state index contributed by atoms with van der Waals surface area (Å²) in [4.78, 5) is 11.9. The molecule has 0 aliphatic carbocycles. The summed E-state index contributed by atoms with van der Waals surface area (Å²) in [5.74, 6) is -0.675. The standard InChI is InChI=1S/C14H19FN2O2/c1-2-13-9(5-6-19-13)8-17-14(18)11-7-10(16)3-4-12(11)15/h3-4,7,9,13H,2,5-6,8,16H2,1H3,(H,17,18).